The Morgan fingerprint density at radius 3 is 2.41 bits per heavy atom. The molecule has 22 heavy (non-hydrogen) atoms. The molecule has 0 unspecified atom stereocenters. The highest BCUT2D eigenvalue weighted by molar-refractivity contribution is 9.10. The molecule has 0 radical (unpaired) electrons. The quantitative estimate of drug-likeness (QED) is 0.823. The highest BCUT2D eigenvalue weighted by atomic mass is 79.9. The molecule has 116 valence electrons. The topological polar surface area (TPSA) is 41.1 Å². The van der Waals surface area contributed by atoms with Gasteiger partial charge in [-0.25, -0.2) is 0 Å². The van der Waals surface area contributed by atoms with Crippen LogP contribution in [0.1, 0.15) is 35.3 Å². The van der Waals surface area contributed by atoms with Crippen molar-refractivity contribution in [1.29, 1.82) is 0 Å². The summed E-state index contributed by atoms with van der Waals surface area (Å²) in [6, 6.07) is 14.0. The maximum absolute atomic E-state index is 11.9. The molecule has 0 aliphatic carbocycles. The number of nitrogens with one attached hydrogen (secondary N) is 2. The monoisotopic (exact) mass is 360 g/mol. The molecule has 0 saturated carbocycles. The van der Waals surface area contributed by atoms with Crippen LogP contribution >= 0.6 is 15.9 Å². The Morgan fingerprint density at radius 2 is 1.82 bits per heavy atom. The molecule has 4 heteroatoms. The molecule has 0 aliphatic rings. The van der Waals surface area contributed by atoms with Crippen molar-refractivity contribution < 1.29 is 4.79 Å². The van der Waals surface area contributed by atoms with Gasteiger partial charge in [0.1, 0.15) is 0 Å². The Morgan fingerprint density at radius 1 is 1.14 bits per heavy atom. The Balaban J connectivity index is 1.98. The van der Waals surface area contributed by atoms with E-state index >= 15 is 0 Å². The third kappa shape index (κ3) is 4.60. The summed E-state index contributed by atoms with van der Waals surface area (Å²) in [6.07, 6.45) is 0. The number of benzene rings is 2. The van der Waals surface area contributed by atoms with E-state index < -0.39 is 0 Å². The summed E-state index contributed by atoms with van der Waals surface area (Å²) in [6.45, 7) is 6.71. The molecular weight excluding hydrogens is 340 g/mol. The van der Waals surface area contributed by atoms with Gasteiger partial charge < -0.3 is 10.6 Å². The molecule has 0 heterocycles. The van der Waals surface area contributed by atoms with Crippen LogP contribution in [0.5, 0.6) is 0 Å². The van der Waals surface area contributed by atoms with Crippen LogP contribution in [-0.4, -0.2) is 11.9 Å². The van der Waals surface area contributed by atoms with Crippen LogP contribution < -0.4 is 10.6 Å². The molecule has 0 saturated heterocycles. The number of carbonyl (C=O) groups excluding carboxylic acids is 1. The lowest BCUT2D eigenvalue weighted by atomic mass is 10.1. The van der Waals surface area contributed by atoms with E-state index in [2.05, 4.69) is 51.7 Å². The van der Waals surface area contributed by atoms with Gasteiger partial charge in [-0.1, -0.05) is 28.1 Å². The van der Waals surface area contributed by atoms with Crippen LogP contribution in [0, 0.1) is 6.92 Å². The predicted octanol–water partition coefficient (Wildman–Crippen LogP) is 4.51. The van der Waals surface area contributed by atoms with E-state index in [1.165, 1.54) is 11.1 Å². The van der Waals surface area contributed by atoms with Gasteiger partial charge in [0.25, 0.3) is 5.91 Å². The minimum absolute atomic E-state index is 0.0390. The first-order chi connectivity index (χ1) is 10.5. The SMILES string of the molecule is Cc1ccc(CNc2ccc(C(=O)NC(C)C)cc2)c(Br)c1. The maximum Gasteiger partial charge on any atom is 0.251 e. The van der Waals surface area contributed by atoms with E-state index in [1.807, 2.05) is 38.1 Å². The zero-order chi connectivity index (χ0) is 16.1. The Hall–Kier alpha value is -1.81. The van der Waals surface area contributed by atoms with Crippen LogP contribution in [0.3, 0.4) is 0 Å². The Labute approximate surface area is 140 Å². The van der Waals surface area contributed by atoms with Crippen molar-refractivity contribution in [2.45, 2.75) is 33.4 Å². The van der Waals surface area contributed by atoms with E-state index in [1.54, 1.807) is 0 Å². The fourth-order valence-corrected chi connectivity index (χ4v) is 2.71. The van der Waals surface area contributed by atoms with E-state index in [9.17, 15) is 4.79 Å². The van der Waals surface area contributed by atoms with E-state index in [4.69, 9.17) is 0 Å². The van der Waals surface area contributed by atoms with Gasteiger partial charge in [0.05, 0.1) is 0 Å². The van der Waals surface area contributed by atoms with Crippen LogP contribution in [0.15, 0.2) is 46.9 Å². The fraction of sp³-hybridized carbons (Fsp3) is 0.278. The summed E-state index contributed by atoms with van der Waals surface area (Å²) < 4.78 is 1.10. The number of anilines is 1. The molecule has 2 aromatic carbocycles. The van der Waals surface area contributed by atoms with Gasteiger partial charge in [-0.05, 0) is 62.2 Å². The second-order valence-corrected chi connectivity index (χ2v) is 6.51. The minimum atomic E-state index is -0.0390. The number of carbonyl (C=O) groups is 1. The standard InChI is InChI=1S/C18H21BrN2O/c1-12(2)21-18(22)14-6-8-16(9-7-14)20-11-15-5-4-13(3)10-17(15)19/h4-10,12,20H,11H2,1-3H3,(H,21,22). The average Bonchev–Trinajstić information content (AvgIpc) is 2.46. The van der Waals surface area contributed by atoms with Crippen LogP contribution in [-0.2, 0) is 6.54 Å². The highest BCUT2D eigenvalue weighted by Crippen LogP contribution is 2.20. The van der Waals surface area contributed by atoms with Gasteiger partial charge in [-0.2, -0.15) is 0 Å². The molecule has 2 aromatic rings. The number of halogens is 1. The lowest BCUT2D eigenvalue weighted by Gasteiger charge is -2.11. The van der Waals surface area contributed by atoms with Gasteiger partial charge >= 0.3 is 0 Å². The second-order valence-electron chi connectivity index (χ2n) is 5.65. The van der Waals surface area contributed by atoms with Crippen LogP contribution in [0.25, 0.3) is 0 Å². The summed E-state index contributed by atoms with van der Waals surface area (Å²) in [5.41, 5.74) is 4.10. The molecule has 0 atom stereocenters. The average molecular weight is 361 g/mol. The zero-order valence-corrected chi connectivity index (χ0v) is 14.7. The lowest BCUT2D eigenvalue weighted by Crippen LogP contribution is -2.29. The minimum Gasteiger partial charge on any atom is -0.381 e. The van der Waals surface area contributed by atoms with E-state index in [0.717, 1.165) is 16.7 Å². The smallest absolute Gasteiger partial charge is 0.251 e. The number of rotatable bonds is 5. The summed E-state index contributed by atoms with van der Waals surface area (Å²) in [5, 5.41) is 6.25. The largest absolute Gasteiger partial charge is 0.381 e. The number of hydrogen-bond donors (Lipinski definition) is 2. The van der Waals surface area contributed by atoms with Gasteiger partial charge in [-0.3, -0.25) is 4.79 Å². The highest BCUT2D eigenvalue weighted by Gasteiger charge is 2.06. The van der Waals surface area contributed by atoms with E-state index in [0.29, 0.717) is 5.56 Å². The third-order valence-corrected chi connectivity index (χ3v) is 4.00. The van der Waals surface area contributed by atoms with Gasteiger partial charge in [0.15, 0.2) is 0 Å². The summed E-state index contributed by atoms with van der Waals surface area (Å²) >= 11 is 3.58. The molecular formula is C18H21BrN2O. The maximum atomic E-state index is 11.9. The molecule has 1 amide bonds. The van der Waals surface area contributed by atoms with Crippen molar-refractivity contribution in [3.8, 4) is 0 Å². The van der Waals surface area contributed by atoms with Crippen molar-refractivity contribution in [2.24, 2.45) is 0 Å². The summed E-state index contributed by atoms with van der Waals surface area (Å²) in [4.78, 5) is 11.9. The lowest BCUT2D eigenvalue weighted by molar-refractivity contribution is 0.0943. The molecule has 3 nitrogen and oxygen atoms in total. The summed E-state index contributed by atoms with van der Waals surface area (Å²) in [5.74, 6) is -0.0390. The predicted molar refractivity (Wildman–Crippen MR) is 95.2 cm³/mol. The third-order valence-electron chi connectivity index (χ3n) is 3.26. The van der Waals surface area contributed by atoms with Crippen LogP contribution in [0.2, 0.25) is 0 Å². The number of amides is 1. The summed E-state index contributed by atoms with van der Waals surface area (Å²) in [7, 11) is 0. The second kappa shape index (κ2) is 7.45. The first-order valence-corrected chi connectivity index (χ1v) is 8.15. The number of aryl methyl sites for hydroxylation is 1. The molecule has 0 bridgehead atoms. The molecule has 2 N–H and O–H groups in total. The van der Waals surface area contributed by atoms with Crippen LogP contribution in [0.4, 0.5) is 5.69 Å². The first-order valence-electron chi connectivity index (χ1n) is 7.35. The van der Waals surface area contributed by atoms with Gasteiger partial charge in [0, 0.05) is 28.3 Å². The number of hydrogen-bond acceptors (Lipinski definition) is 2. The van der Waals surface area contributed by atoms with Crippen molar-refractivity contribution in [3.05, 3.63) is 63.6 Å². The molecule has 2 rings (SSSR count). The van der Waals surface area contributed by atoms with E-state index in [-0.39, 0.29) is 11.9 Å². The van der Waals surface area contributed by atoms with Crippen molar-refractivity contribution in [2.75, 3.05) is 5.32 Å². The van der Waals surface area contributed by atoms with Crippen molar-refractivity contribution in [3.63, 3.8) is 0 Å². The Bertz CT molecular complexity index is 651. The molecule has 0 fully saturated rings. The zero-order valence-electron chi connectivity index (χ0n) is 13.1. The van der Waals surface area contributed by atoms with Crippen molar-refractivity contribution in [1.82, 2.24) is 5.32 Å². The fourth-order valence-electron chi connectivity index (χ4n) is 2.08. The first kappa shape index (κ1) is 16.6. The normalized spacial score (nSPS) is 10.6. The molecule has 0 aromatic heterocycles. The molecule has 0 aliphatic heterocycles. The Kier molecular flexibility index (Phi) is 5.61. The van der Waals surface area contributed by atoms with Crippen molar-refractivity contribution >= 4 is 27.5 Å². The van der Waals surface area contributed by atoms with Gasteiger partial charge in [-0.15, -0.1) is 0 Å². The van der Waals surface area contributed by atoms with Gasteiger partial charge in [0.2, 0.25) is 0 Å². The molecule has 0 spiro atoms.